The van der Waals surface area contributed by atoms with Crippen LogP contribution in [0.15, 0.2) is 24.8 Å². The molecule has 0 radical (unpaired) electrons. The second kappa shape index (κ2) is 8.64. The average Bonchev–Trinajstić information content (AvgIpc) is 2.22. The molecule has 0 aliphatic carbocycles. The number of hydrogen-bond donors (Lipinski definition) is 1. The standard InChI is InChI=1S/C13H26O3Si/c1-6-8-12(14)13(7-2)16-11-15-9-10-17(3,4)5/h6-8,12-14H,2,9-11H2,1,3-5H3/b8-6+/t12-,13-/m0/s1. The van der Waals surface area contributed by atoms with Crippen LogP contribution in [0, 0.1) is 0 Å². The minimum absolute atomic E-state index is 0.204. The quantitative estimate of drug-likeness (QED) is 0.299. The van der Waals surface area contributed by atoms with Crippen molar-refractivity contribution in [1.82, 2.24) is 0 Å². The summed E-state index contributed by atoms with van der Waals surface area (Å²) in [5.41, 5.74) is 0. The second-order valence-electron chi connectivity index (χ2n) is 5.22. The van der Waals surface area contributed by atoms with E-state index in [1.807, 2.05) is 6.92 Å². The Morgan fingerprint density at radius 1 is 1.35 bits per heavy atom. The first-order valence-corrected chi connectivity index (χ1v) is 9.74. The van der Waals surface area contributed by atoms with Gasteiger partial charge in [0.05, 0.1) is 0 Å². The molecule has 0 heterocycles. The molecule has 100 valence electrons. The summed E-state index contributed by atoms with van der Waals surface area (Å²) in [5.74, 6) is 0. The van der Waals surface area contributed by atoms with Gasteiger partial charge in [-0.3, -0.25) is 0 Å². The third-order valence-electron chi connectivity index (χ3n) is 2.30. The molecule has 1 N–H and O–H groups in total. The monoisotopic (exact) mass is 258 g/mol. The molecule has 0 aromatic rings. The van der Waals surface area contributed by atoms with Crippen molar-refractivity contribution in [2.45, 2.75) is 44.8 Å². The maximum absolute atomic E-state index is 9.66. The molecule has 17 heavy (non-hydrogen) atoms. The first-order valence-electron chi connectivity index (χ1n) is 6.03. The first-order chi connectivity index (χ1) is 7.90. The number of aliphatic hydroxyl groups excluding tert-OH is 1. The van der Waals surface area contributed by atoms with Crippen LogP contribution >= 0.6 is 0 Å². The van der Waals surface area contributed by atoms with Crippen LogP contribution in [0.3, 0.4) is 0 Å². The Hall–Kier alpha value is -0.423. The lowest BCUT2D eigenvalue weighted by atomic mass is 10.2. The van der Waals surface area contributed by atoms with E-state index in [2.05, 4.69) is 26.2 Å². The van der Waals surface area contributed by atoms with Gasteiger partial charge in [-0.2, -0.15) is 0 Å². The highest BCUT2D eigenvalue weighted by Crippen LogP contribution is 2.08. The molecule has 0 aliphatic rings. The van der Waals surface area contributed by atoms with Crippen LogP contribution in [0.5, 0.6) is 0 Å². The molecule has 0 rings (SSSR count). The lowest BCUT2D eigenvalue weighted by Gasteiger charge is -2.19. The summed E-state index contributed by atoms with van der Waals surface area (Å²) in [5, 5.41) is 9.66. The summed E-state index contributed by atoms with van der Waals surface area (Å²) in [6, 6.07) is 1.12. The Kier molecular flexibility index (Phi) is 8.42. The smallest absolute Gasteiger partial charge is 0.147 e. The van der Waals surface area contributed by atoms with Gasteiger partial charge >= 0.3 is 0 Å². The molecule has 0 aliphatic heterocycles. The zero-order valence-corrected chi connectivity index (χ0v) is 12.5. The topological polar surface area (TPSA) is 38.7 Å². The highest BCUT2D eigenvalue weighted by Gasteiger charge is 2.14. The van der Waals surface area contributed by atoms with Crippen molar-refractivity contribution < 1.29 is 14.6 Å². The van der Waals surface area contributed by atoms with Crippen molar-refractivity contribution >= 4 is 8.07 Å². The molecule has 0 bridgehead atoms. The van der Waals surface area contributed by atoms with Gasteiger partial charge in [0, 0.05) is 14.7 Å². The number of allylic oxidation sites excluding steroid dienone is 1. The molecule has 3 nitrogen and oxygen atoms in total. The van der Waals surface area contributed by atoms with Crippen LogP contribution in [0.4, 0.5) is 0 Å². The van der Waals surface area contributed by atoms with Crippen molar-refractivity contribution in [3.8, 4) is 0 Å². The highest BCUT2D eigenvalue weighted by atomic mass is 28.3. The first kappa shape index (κ1) is 16.6. The van der Waals surface area contributed by atoms with E-state index in [1.165, 1.54) is 0 Å². The van der Waals surface area contributed by atoms with Gasteiger partial charge in [-0.05, 0) is 13.0 Å². The van der Waals surface area contributed by atoms with Gasteiger partial charge in [0.15, 0.2) is 0 Å². The van der Waals surface area contributed by atoms with Crippen LogP contribution in [0.1, 0.15) is 6.92 Å². The Morgan fingerprint density at radius 3 is 2.47 bits per heavy atom. The Morgan fingerprint density at radius 2 is 2.00 bits per heavy atom. The third-order valence-corrected chi connectivity index (χ3v) is 4.00. The molecule has 4 heteroatoms. The fourth-order valence-corrected chi connectivity index (χ4v) is 1.93. The van der Waals surface area contributed by atoms with Gasteiger partial charge in [-0.1, -0.05) is 37.9 Å². The Bertz CT molecular complexity index is 233. The maximum atomic E-state index is 9.66. The van der Waals surface area contributed by atoms with Gasteiger partial charge in [-0.15, -0.1) is 6.58 Å². The Balaban J connectivity index is 3.74. The van der Waals surface area contributed by atoms with E-state index >= 15 is 0 Å². The van der Waals surface area contributed by atoms with Crippen LogP contribution in [-0.2, 0) is 9.47 Å². The van der Waals surface area contributed by atoms with Gasteiger partial charge in [0.2, 0.25) is 0 Å². The van der Waals surface area contributed by atoms with Crippen molar-refractivity contribution in [3.63, 3.8) is 0 Å². The van der Waals surface area contributed by atoms with E-state index in [1.54, 1.807) is 18.2 Å². The predicted octanol–water partition coefficient (Wildman–Crippen LogP) is 2.81. The molecule has 0 fully saturated rings. The predicted molar refractivity (Wildman–Crippen MR) is 74.9 cm³/mol. The normalized spacial score (nSPS) is 16.1. The molecule has 0 amide bonds. The zero-order valence-electron chi connectivity index (χ0n) is 11.5. The van der Waals surface area contributed by atoms with E-state index in [0.717, 1.165) is 12.7 Å². The lowest BCUT2D eigenvalue weighted by molar-refractivity contribution is -0.0957. The summed E-state index contributed by atoms with van der Waals surface area (Å²) < 4.78 is 10.8. The third kappa shape index (κ3) is 9.29. The van der Waals surface area contributed by atoms with Crippen LogP contribution in [0.25, 0.3) is 0 Å². The number of aliphatic hydroxyl groups is 1. The number of rotatable bonds is 9. The molecule has 0 saturated carbocycles. The van der Waals surface area contributed by atoms with E-state index in [0.29, 0.717) is 0 Å². The molecule has 0 aromatic carbocycles. The molecule has 0 aromatic heterocycles. The minimum Gasteiger partial charge on any atom is -0.386 e. The molecule has 0 unspecified atom stereocenters. The van der Waals surface area contributed by atoms with E-state index in [9.17, 15) is 5.11 Å². The fourth-order valence-electron chi connectivity index (χ4n) is 1.18. The fraction of sp³-hybridized carbons (Fsp3) is 0.692. The zero-order chi connectivity index (χ0) is 13.3. The molecule has 2 atom stereocenters. The largest absolute Gasteiger partial charge is 0.386 e. The van der Waals surface area contributed by atoms with Crippen molar-refractivity contribution in [3.05, 3.63) is 24.8 Å². The van der Waals surface area contributed by atoms with E-state index in [-0.39, 0.29) is 6.79 Å². The van der Waals surface area contributed by atoms with Crippen LogP contribution in [0.2, 0.25) is 25.7 Å². The van der Waals surface area contributed by atoms with E-state index in [4.69, 9.17) is 9.47 Å². The summed E-state index contributed by atoms with van der Waals surface area (Å²) in [6.45, 7) is 13.3. The molecule has 0 saturated heterocycles. The van der Waals surface area contributed by atoms with Gasteiger partial charge in [0.1, 0.15) is 19.0 Å². The SMILES string of the molecule is C=C[C@H](OCOCC[Si](C)(C)C)[C@@H](O)/C=C/C. The molecular weight excluding hydrogens is 232 g/mol. The van der Waals surface area contributed by atoms with Crippen LogP contribution < -0.4 is 0 Å². The van der Waals surface area contributed by atoms with Crippen molar-refractivity contribution in [1.29, 1.82) is 0 Å². The van der Waals surface area contributed by atoms with Gasteiger partial charge in [-0.25, -0.2) is 0 Å². The minimum atomic E-state index is -1.04. The number of ether oxygens (including phenoxy) is 2. The molecule has 0 spiro atoms. The summed E-state index contributed by atoms with van der Waals surface area (Å²) in [6.07, 6.45) is 3.99. The maximum Gasteiger partial charge on any atom is 0.147 e. The van der Waals surface area contributed by atoms with E-state index < -0.39 is 20.3 Å². The lowest BCUT2D eigenvalue weighted by Crippen LogP contribution is -2.27. The molecular formula is C13H26O3Si. The average molecular weight is 258 g/mol. The van der Waals surface area contributed by atoms with Gasteiger partial charge in [0.25, 0.3) is 0 Å². The summed E-state index contributed by atoms with van der Waals surface area (Å²) in [7, 11) is -1.04. The van der Waals surface area contributed by atoms with Crippen molar-refractivity contribution in [2.24, 2.45) is 0 Å². The van der Waals surface area contributed by atoms with Crippen molar-refractivity contribution in [2.75, 3.05) is 13.4 Å². The summed E-state index contributed by atoms with van der Waals surface area (Å²) >= 11 is 0. The highest BCUT2D eigenvalue weighted by molar-refractivity contribution is 6.76. The number of hydrogen-bond acceptors (Lipinski definition) is 3. The summed E-state index contributed by atoms with van der Waals surface area (Å²) in [4.78, 5) is 0. The Labute approximate surface area is 106 Å². The van der Waals surface area contributed by atoms with Gasteiger partial charge < -0.3 is 14.6 Å². The second-order valence-corrected chi connectivity index (χ2v) is 10.8. The van der Waals surface area contributed by atoms with Crippen LogP contribution in [-0.4, -0.2) is 38.8 Å².